The lowest BCUT2D eigenvalue weighted by atomic mass is 9.89. The molecule has 0 amide bonds. The summed E-state index contributed by atoms with van der Waals surface area (Å²) >= 11 is 0. The lowest BCUT2D eigenvalue weighted by Gasteiger charge is -2.21. The van der Waals surface area contributed by atoms with Crippen LogP contribution < -0.4 is 5.32 Å². The minimum atomic E-state index is 0.549. The average Bonchev–Trinajstić information content (AvgIpc) is 2.41. The van der Waals surface area contributed by atoms with Gasteiger partial charge in [-0.3, -0.25) is 0 Å². The van der Waals surface area contributed by atoms with Gasteiger partial charge in [-0.25, -0.2) is 9.97 Å². The summed E-state index contributed by atoms with van der Waals surface area (Å²) in [4.78, 5) is 9.07. The molecule has 1 N–H and O–H groups in total. The third-order valence-corrected chi connectivity index (χ3v) is 3.48. The normalized spacial score (nSPS) is 18.2. The first-order chi connectivity index (χ1) is 8.83. The summed E-state index contributed by atoms with van der Waals surface area (Å²) in [6.07, 6.45) is 5.58. The first kappa shape index (κ1) is 11.2. The number of nitrogens with one attached hydrogen (secondary N) is 1. The van der Waals surface area contributed by atoms with Crippen molar-refractivity contribution in [1.29, 1.82) is 0 Å². The molecule has 0 saturated heterocycles. The number of nitrogens with zero attached hydrogens (tertiary/aromatic N) is 2. The fourth-order valence-corrected chi connectivity index (χ4v) is 2.49. The first-order valence-corrected chi connectivity index (χ1v) is 6.51. The number of fused-ring (bicyclic) bond motifs is 1. The summed E-state index contributed by atoms with van der Waals surface area (Å²) in [6.45, 7) is 2.25. The van der Waals surface area contributed by atoms with Gasteiger partial charge in [-0.05, 0) is 42.9 Å². The van der Waals surface area contributed by atoms with Gasteiger partial charge in [0, 0.05) is 11.9 Å². The molecule has 1 aromatic carbocycles. The van der Waals surface area contributed by atoms with E-state index in [4.69, 9.17) is 0 Å². The smallest absolute Gasteiger partial charge is 0.227 e. The van der Waals surface area contributed by atoms with Crippen LogP contribution in [0.15, 0.2) is 36.5 Å². The lowest BCUT2D eigenvalue weighted by molar-refractivity contribution is 0.571. The third-order valence-electron chi connectivity index (χ3n) is 3.48. The number of hydrogen-bond acceptors (Lipinski definition) is 3. The first-order valence-electron chi connectivity index (χ1n) is 6.51. The molecule has 0 spiro atoms. The Hall–Kier alpha value is -1.90. The average molecular weight is 239 g/mol. The third kappa shape index (κ3) is 2.21. The maximum absolute atomic E-state index is 4.67. The number of hydrogen-bond donors (Lipinski definition) is 1. The molecular weight excluding hydrogens is 222 g/mol. The fraction of sp³-hybridized carbons (Fsp3) is 0.333. The summed E-state index contributed by atoms with van der Waals surface area (Å²) < 4.78 is 0. The molecule has 1 aliphatic rings. The van der Waals surface area contributed by atoms with Crippen LogP contribution in [0.5, 0.6) is 0 Å². The van der Waals surface area contributed by atoms with Gasteiger partial charge in [-0.1, -0.05) is 25.1 Å². The molecule has 3 rings (SSSR count). The van der Waals surface area contributed by atoms with Crippen molar-refractivity contribution in [3.8, 4) is 0 Å². The van der Waals surface area contributed by atoms with E-state index in [0.29, 0.717) is 11.9 Å². The number of benzene rings is 1. The van der Waals surface area contributed by atoms with Crippen LogP contribution in [0.3, 0.4) is 0 Å². The van der Waals surface area contributed by atoms with Gasteiger partial charge < -0.3 is 5.32 Å². The summed E-state index contributed by atoms with van der Waals surface area (Å²) in [6, 6.07) is 10.0. The van der Waals surface area contributed by atoms with Crippen LogP contribution in [0.2, 0.25) is 0 Å². The van der Waals surface area contributed by atoms with Gasteiger partial charge in [0.25, 0.3) is 0 Å². The van der Waals surface area contributed by atoms with E-state index in [2.05, 4.69) is 22.2 Å². The van der Waals surface area contributed by atoms with Crippen molar-refractivity contribution >= 4 is 11.6 Å². The van der Waals surface area contributed by atoms with Crippen molar-refractivity contribution in [3.63, 3.8) is 0 Å². The van der Waals surface area contributed by atoms with Gasteiger partial charge in [0.1, 0.15) is 0 Å². The second kappa shape index (κ2) is 4.77. The maximum Gasteiger partial charge on any atom is 0.227 e. The van der Waals surface area contributed by atoms with Crippen molar-refractivity contribution in [3.05, 3.63) is 47.8 Å². The topological polar surface area (TPSA) is 37.8 Å². The van der Waals surface area contributed by atoms with Crippen LogP contribution in [0.4, 0.5) is 11.6 Å². The molecule has 1 atom stereocenters. The Balaban J connectivity index is 1.88. The minimum absolute atomic E-state index is 0.549. The Morgan fingerprint density at radius 3 is 2.89 bits per heavy atom. The molecule has 1 heterocycles. The molecule has 3 heteroatoms. The van der Waals surface area contributed by atoms with Gasteiger partial charge in [-0.2, -0.15) is 0 Å². The van der Waals surface area contributed by atoms with Gasteiger partial charge in [-0.15, -0.1) is 0 Å². The molecular formula is C15H17N3. The van der Waals surface area contributed by atoms with Gasteiger partial charge in [0.2, 0.25) is 5.95 Å². The second-order valence-corrected chi connectivity index (χ2v) is 4.89. The van der Waals surface area contributed by atoms with E-state index in [1.807, 2.05) is 36.5 Å². The molecule has 0 fully saturated rings. The summed E-state index contributed by atoms with van der Waals surface area (Å²) in [5.41, 5.74) is 3.56. The lowest BCUT2D eigenvalue weighted by Crippen LogP contribution is -2.11. The fourth-order valence-electron chi connectivity index (χ4n) is 2.49. The van der Waals surface area contributed by atoms with Crippen LogP contribution >= 0.6 is 0 Å². The van der Waals surface area contributed by atoms with Crippen molar-refractivity contribution in [2.24, 2.45) is 0 Å². The zero-order valence-electron chi connectivity index (χ0n) is 10.6. The summed E-state index contributed by atoms with van der Waals surface area (Å²) in [7, 11) is 0. The highest BCUT2D eigenvalue weighted by molar-refractivity contribution is 5.53. The zero-order valence-corrected chi connectivity index (χ0v) is 10.6. The van der Waals surface area contributed by atoms with E-state index < -0.39 is 0 Å². The standard InChI is InChI=1S/C15H17N3/c1-11-6-5-7-12-10-16-15(18-14(11)12)17-13-8-3-2-4-9-13/h2-4,8-11H,5-7H2,1H3,(H,16,17,18). The Morgan fingerprint density at radius 1 is 1.22 bits per heavy atom. The van der Waals surface area contributed by atoms with Crippen molar-refractivity contribution in [2.45, 2.75) is 32.1 Å². The van der Waals surface area contributed by atoms with Gasteiger partial charge >= 0.3 is 0 Å². The van der Waals surface area contributed by atoms with Gasteiger partial charge in [0.15, 0.2) is 0 Å². The van der Waals surface area contributed by atoms with Crippen LogP contribution in [-0.4, -0.2) is 9.97 Å². The monoisotopic (exact) mass is 239 g/mol. The van der Waals surface area contributed by atoms with E-state index >= 15 is 0 Å². The Morgan fingerprint density at radius 2 is 2.06 bits per heavy atom. The number of para-hydroxylation sites is 1. The molecule has 1 unspecified atom stereocenters. The van der Waals surface area contributed by atoms with E-state index in [1.165, 1.54) is 24.1 Å². The van der Waals surface area contributed by atoms with E-state index in [1.54, 1.807) is 0 Å². The predicted molar refractivity (Wildman–Crippen MR) is 73.1 cm³/mol. The molecule has 2 aromatic rings. The molecule has 1 aliphatic carbocycles. The molecule has 0 aliphatic heterocycles. The number of anilines is 2. The quantitative estimate of drug-likeness (QED) is 0.869. The molecule has 1 aromatic heterocycles. The van der Waals surface area contributed by atoms with Crippen LogP contribution in [0.1, 0.15) is 36.9 Å². The highest BCUT2D eigenvalue weighted by atomic mass is 15.1. The Kier molecular flexibility index (Phi) is 2.97. The number of rotatable bonds is 2. The molecule has 3 nitrogen and oxygen atoms in total. The van der Waals surface area contributed by atoms with Crippen molar-refractivity contribution in [1.82, 2.24) is 9.97 Å². The molecule has 18 heavy (non-hydrogen) atoms. The maximum atomic E-state index is 4.67. The van der Waals surface area contributed by atoms with E-state index in [-0.39, 0.29) is 0 Å². The van der Waals surface area contributed by atoms with Crippen molar-refractivity contribution in [2.75, 3.05) is 5.32 Å². The Labute approximate surface area is 107 Å². The van der Waals surface area contributed by atoms with Crippen molar-refractivity contribution < 1.29 is 0 Å². The highest BCUT2D eigenvalue weighted by Crippen LogP contribution is 2.29. The highest BCUT2D eigenvalue weighted by Gasteiger charge is 2.18. The molecule has 92 valence electrons. The van der Waals surface area contributed by atoms with Crippen LogP contribution in [0.25, 0.3) is 0 Å². The molecule has 0 bridgehead atoms. The summed E-state index contributed by atoms with van der Waals surface area (Å²) in [5, 5.41) is 3.25. The number of aromatic nitrogens is 2. The van der Waals surface area contributed by atoms with Gasteiger partial charge in [0.05, 0.1) is 5.69 Å². The molecule has 0 saturated carbocycles. The SMILES string of the molecule is CC1CCCc2cnc(Nc3ccccc3)nc21. The van der Waals surface area contributed by atoms with Crippen LogP contribution in [-0.2, 0) is 6.42 Å². The second-order valence-electron chi connectivity index (χ2n) is 4.89. The zero-order chi connectivity index (χ0) is 12.4. The Bertz CT molecular complexity index is 537. The largest absolute Gasteiger partial charge is 0.324 e. The van der Waals surface area contributed by atoms with E-state index in [9.17, 15) is 0 Å². The van der Waals surface area contributed by atoms with E-state index in [0.717, 1.165) is 12.1 Å². The molecule has 0 radical (unpaired) electrons. The predicted octanol–water partition coefficient (Wildman–Crippen LogP) is 3.66. The minimum Gasteiger partial charge on any atom is -0.324 e. The number of aryl methyl sites for hydroxylation is 1. The summed E-state index contributed by atoms with van der Waals surface area (Å²) in [5.74, 6) is 1.25. The van der Waals surface area contributed by atoms with Crippen LogP contribution in [0, 0.1) is 0 Å².